The Kier molecular flexibility index (Phi) is 3.29. The number of nitrogens with two attached hydrogens (primary N) is 1. The summed E-state index contributed by atoms with van der Waals surface area (Å²) in [6, 6.07) is 8.46. The van der Waals surface area contributed by atoms with Gasteiger partial charge in [0, 0.05) is 0 Å². The van der Waals surface area contributed by atoms with E-state index in [4.69, 9.17) is 5.73 Å². The maximum Gasteiger partial charge on any atom is 0.0807 e. The highest BCUT2D eigenvalue weighted by Crippen LogP contribution is 2.22. The van der Waals surface area contributed by atoms with Gasteiger partial charge in [0.05, 0.1) is 6.17 Å². The predicted octanol–water partition coefficient (Wildman–Crippen LogP) is 2.16. The van der Waals surface area contributed by atoms with Gasteiger partial charge in [-0.05, 0) is 23.6 Å². The standard InChI is InChI=1S/C12H20N2/c1-12(2,3)10-7-5-9(6-8-10)11(13)14-4/h5-8,11,14H,13H2,1-4H3. The smallest absolute Gasteiger partial charge is 0.0807 e. The summed E-state index contributed by atoms with van der Waals surface area (Å²) in [5.41, 5.74) is 8.52. The summed E-state index contributed by atoms with van der Waals surface area (Å²) in [6.07, 6.45) is -0.0657. The zero-order chi connectivity index (χ0) is 10.8. The lowest BCUT2D eigenvalue weighted by atomic mass is 9.86. The van der Waals surface area contributed by atoms with Crippen molar-refractivity contribution in [2.45, 2.75) is 32.4 Å². The highest BCUT2D eigenvalue weighted by Gasteiger charge is 2.13. The first kappa shape index (κ1) is 11.2. The summed E-state index contributed by atoms with van der Waals surface area (Å²) in [4.78, 5) is 0. The quantitative estimate of drug-likeness (QED) is 0.705. The van der Waals surface area contributed by atoms with Crippen LogP contribution in [0.3, 0.4) is 0 Å². The first-order valence-corrected chi connectivity index (χ1v) is 4.98. The van der Waals surface area contributed by atoms with Gasteiger partial charge in [0.1, 0.15) is 0 Å². The Morgan fingerprint density at radius 2 is 1.64 bits per heavy atom. The van der Waals surface area contributed by atoms with Crippen molar-refractivity contribution in [2.75, 3.05) is 7.05 Å². The zero-order valence-corrected chi connectivity index (χ0v) is 9.46. The first-order valence-electron chi connectivity index (χ1n) is 4.98. The van der Waals surface area contributed by atoms with Crippen molar-refractivity contribution in [2.24, 2.45) is 5.73 Å². The second-order valence-corrected chi connectivity index (χ2v) is 4.64. The molecule has 0 saturated heterocycles. The lowest BCUT2D eigenvalue weighted by Crippen LogP contribution is -2.24. The van der Waals surface area contributed by atoms with Crippen molar-refractivity contribution in [3.05, 3.63) is 35.4 Å². The van der Waals surface area contributed by atoms with Crippen LogP contribution in [0.15, 0.2) is 24.3 Å². The Hall–Kier alpha value is -0.860. The third-order valence-electron chi connectivity index (χ3n) is 2.45. The van der Waals surface area contributed by atoms with E-state index in [1.165, 1.54) is 5.56 Å². The molecule has 0 aliphatic heterocycles. The summed E-state index contributed by atoms with van der Waals surface area (Å²) in [7, 11) is 1.86. The van der Waals surface area contributed by atoms with Crippen molar-refractivity contribution in [1.29, 1.82) is 0 Å². The molecule has 1 atom stereocenters. The van der Waals surface area contributed by atoms with E-state index in [1.54, 1.807) is 0 Å². The lowest BCUT2D eigenvalue weighted by molar-refractivity contribution is 0.586. The normalized spacial score (nSPS) is 14.1. The molecule has 1 aromatic rings. The Bertz CT molecular complexity index is 282. The van der Waals surface area contributed by atoms with Gasteiger partial charge in [-0.3, -0.25) is 0 Å². The van der Waals surface area contributed by atoms with Crippen LogP contribution in [0.2, 0.25) is 0 Å². The largest absolute Gasteiger partial charge is 0.312 e. The minimum absolute atomic E-state index is 0.0657. The van der Waals surface area contributed by atoms with Crippen LogP contribution < -0.4 is 11.1 Å². The highest BCUT2D eigenvalue weighted by molar-refractivity contribution is 5.28. The third kappa shape index (κ3) is 2.56. The summed E-state index contributed by atoms with van der Waals surface area (Å²) in [5, 5.41) is 3.02. The first-order chi connectivity index (χ1) is 6.45. The molecule has 0 amide bonds. The maximum absolute atomic E-state index is 5.84. The van der Waals surface area contributed by atoms with Gasteiger partial charge in [0.25, 0.3) is 0 Å². The zero-order valence-electron chi connectivity index (χ0n) is 9.46. The monoisotopic (exact) mass is 192 g/mol. The average Bonchev–Trinajstić information content (AvgIpc) is 2.15. The lowest BCUT2D eigenvalue weighted by Gasteiger charge is -2.20. The minimum atomic E-state index is -0.0657. The van der Waals surface area contributed by atoms with E-state index in [0.29, 0.717) is 0 Å². The van der Waals surface area contributed by atoms with E-state index in [0.717, 1.165) is 5.56 Å². The fourth-order valence-corrected chi connectivity index (χ4v) is 1.36. The van der Waals surface area contributed by atoms with E-state index < -0.39 is 0 Å². The molecule has 0 saturated carbocycles. The average molecular weight is 192 g/mol. The summed E-state index contributed by atoms with van der Waals surface area (Å²) in [6.45, 7) is 6.63. The van der Waals surface area contributed by atoms with Gasteiger partial charge >= 0.3 is 0 Å². The van der Waals surface area contributed by atoms with Gasteiger partial charge in [-0.25, -0.2) is 0 Å². The Balaban J connectivity index is 2.89. The number of hydrogen-bond acceptors (Lipinski definition) is 2. The molecule has 0 aromatic heterocycles. The molecule has 0 heterocycles. The highest BCUT2D eigenvalue weighted by atomic mass is 15.0. The van der Waals surface area contributed by atoms with Crippen molar-refractivity contribution >= 4 is 0 Å². The van der Waals surface area contributed by atoms with Gasteiger partial charge in [0.15, 0.2) is 0 Å². The van der Waals surface area contributed by atoms with Crippen molar-refractivity contribution in [1.82, 2.24) is 5.32 Å². The SMILES string of the molecule is CNC(N)c1ccc(C(C)(C)C)cc1. The Morgan fingerprint density at radius 3 is 2.00 bits per heavy atom. The van der Waals surface area contributed by atoms with Crippen LogP contribution >= 0.6 is 0 Å². The summed E-state index contributed by atoms with van der Waals surface area (Å²) in [5.74, 6) is 0. The molecule has 3 N–H and O–H groups in total. The molecular formula is C12H20N2. The molecule has 0 aliphatic carbocycles. The van der Waals surface area contributed by atoms with Gasteiger partial charge in [0.2, 0.25) is 0 Å². The molecule has 0 fully saturated rings. The molecule has 0 spiro atoms. The molecule has 1 unspecified atom stereocenters. The van der Waals surface area contributed by atoms with Crippen molar-refractivity contribution in [3.63, 3.8) is 0 Å². The molecule has 2 heteroatoms. The van der Waals surface area contributed by atoms with Crippen molar-refractivity contribution < 1.29 is 0 Å². The molecule has 78 valence electrons. The van der Waals surface area contributed by atoms with Crippen LogP contribution in [0.5, 0.6) is 0 Å². The Morgan fingerprint density at radius 1 is 1.14 bits per heavy atom. The molecular weight excluding hydrogens is 172 g/mol. The van der Waals surface area contributed by atoms with E-state index in [9.17, 15) is 0 Å². The number of rotatable bonds is 2. The van der Waals surface area contributed by atoms with Crippen LogP contribution in [0.4, 0.5) is 0 Å². The van der Waals surface area contributed by atoms with Crippen LogP contribution in [0.1, 0.15) is 38.1 Å². The van der Waals surface area contributed by atoms with Gasteiger partial charge in [-0.2, -0.15) is 0 Å². The molecule has 0 aliphatic rings. The van der Waals surface area contributed by atoms with Crippen LogP contribution in [-0.4, -0.2) is 7.05 Å². The fourth-order valence-electron chi connectivity index (χ4n) is 1.36. The van der Waals surface area contributed by atoms with Crippen molar-refractivity contribution in [3.8, 4) is 0 Å². The maximum atomic E-state index is 5.84. The molecule has 0 radical (unpaired) electrons. The fraction of sp³-hybridized carbons (Fsp3) is 0.500. The predicted molar refractivity (Wildman–Crippen MR) is 61.1 cm³/mol. The van der Waals surface area contributed by atoms with E-state index >= 15 is 0 Å². The van der Waals surface area contributed by atoms with Crippen LogP contribution in [0.25, 0.3) is 0 Å². The third-order valence-corrected chi connectivity index (χ3v) is 2.45. The minimum Gasteiger partial charge on any atom is -0.312 e. The second-order valence-electron chi connectivity index (χ2n) is 4.64. The summed E-state index contributed by atoms with van der Waals surface area (Å²) < 4.78 is 0. The molecule has 2 nitrogen and oxygen atoms in total. The topological polar surface area (TPSA) is 38.0 Å². The number of benzene rings is 1. The second kappa shape index (κ2) is 4.11. The van der Waals surface area contributed by atoms with Crippen LogP contribution in [-0.2, 0) is 5.41 Å². The molecule has 1 rings (SSSR count). The van der Waals surface area contributed by atoms with Crippen LogP contribution in [0, 0.1) is 0 Å². The molecule has 0 bridgehead atoms. The number of hydrogen-bond donors (Lipinski definition) is 2. The van der Waals surface area contributed by atoms with E-state index in [1.807, 2.05) is 7.05 Å². The summed E-state index contributed by atoms with van der Waals surface area (Å²) >= 11 is 0. The molecule has 14 heavy (non-hydrogen) atoms. The van der Waals surface area contributed by atoms with Gasteiger partial charge in [-0.15, -0.1) is 0 Å². The number of nitrogens with one attached hydrogen (secondary N) is 1. The molecule has 1 aromatic carbocycles. The Labute approximate surface area is 86.5 Å². The van der Waals surface area contributed by atoms with Gasteiger partial charge < -0.3 is 11.1 Å². The van der Waals surface area contributed by atoms with E-state index in [2.05, 4.69) is 50.4 Å². The van der Waals surface area contributed by atoms with E-state index in [-0.39, 0.29) is 11.6 Å². The van der Waals surface area contributed by atoms with Gasteiger partial charge in [-0.1, -0.05) is 45.0 Å².